The van der Waals surface area contributed by atoms with E-state index in [1.807, 2.05) is 10.8 Å². The minimum absolute atomic E-state index is 0.0191. The molecule has 3 N–H and O–H groups in total. The maximum Gasteiger partial charge on any atom is 0.160 e. The van der Waals surface area contributed by atoms with Gasteiger partial charge in [0.15, 0.2) is 6.29 Å². The average molecular weight is 599 g/mol. The van der Waals surface area contributed by atoms with Gasteiger partial charge >= 0.3 is 0 Å². The highest BCUT2D eigenvalue weighted by atomic mass is 33.1. The van der Waals surface area contributed by atoms with E-state index in [0.717, 1.165) is 12.5 Å². The van der Waals surface area contributed by atoms with Gasteiger partial charge in [-0.1, -0.05) is 120 Å². The van der Waals surface area contributed by atoms with E-state index in [9.17, 15) is 0 Å². The van der Waals surface area contributed by atoms with Crippen molar-refractivity contribution in [1.82, 2.24) is 20.9 Å². The summed E-state index contributed by atoms with van der Waals surface area (Å²) in [7, 11) is 4.08. The van der Waals surface area contributed by atoms with Crippen molar-refractivity contribution in [3.63, 3.8) is 0 Å². The molecule has 4 aromatic carbocycles. The van der Waals surface area contributed by atoms with Crippen LogP contribution in [0.2, 0.25) is 0 Å². The molecule has 0 amide bonds. The molecule has 214 valence electrons. The fourth-order valence-electron chi connectivity index (χ4n) is 7.75. The van der Waals surface area contributed by atoms with Gasteiger partial charge in [-0.2, -0.15) is 0 Å². The van der Waals surface area contributed by atoms with Crippen LogP contribution < -0.4 is 16.0 Å². The Kier molecular flexibility index (Phi) is 6.44. The van der Waals surface area contributed by atoms with Crippen LogP contribution in [-0.2, 0) is 0 Å². The maximum atomic E-state index is 4.12. The van der Waals surface area contributed by atoms with Crippen molar-refractivity contribution in [2.45, 2.75) is 42.9 Å². The molecule has 4 aliphatic heterocycles. The molecule has 9 rings (SSSR count). The Bertz CT molecular complexity index is 1720. The summed E-state index contributed by atoms with van der Waals surface area (Å²) < 4.78 is 0. The lowest BCUT2D eigenvalue weighted by Gasteiger charge is -2.49. The molecular weight excluding hydrogens is 565 g/mol. The van der Waals surface area contributed by atoms with Crippen molar-refractivity contribution in [3.8, 4) is 22.3 Å². The Balaban J connectivity index is 1.15. The van der Waals surface area contributed by atoms with E-state index in [4.69, 9.17) is 0 Å². The number of hydrogen-bond acceptors (Lipinski definition) is 6. The molecule has 5 aliphatic rings. The first-order valence-corrected chi connectivity index (χ1v) is 17.7. The lowest BCUT2D eigenvalue weighted by molar-refractivity contribution is 0.155. The molecular formula is C37H34N4S2. The maximum absolute atomic E-state index is 4.12. The van der Waals surface area contributed by atoms with Crippen LogP contribution in [0.5, 0.6) is 0 Å². The molecule has 0 spiro atoms. The molecule has 0 bridgehead atoms. The van der Waals surface area contributed by atoms with Crippen LogP contribution in [0.3, 0.4) is 0 Å². The largest absolute Gasteiger partial charge is 0.350 e. The van der Waals surface area contributed by atoms with Crippen molar-refractivity contribution in [2.24, 2.45) is 5.92 Å². The standard InChI is InChI=1S/C37H34N4S2/c1-3-8-23(9-4-1)25-13-17-27(18-14-25)33-35(28-19-15-26(16-20-28)24-10-5-2-6-11-24)41-36-31-30(42-43-36)22-29-12-7-21-38-32(29)34(31)40-37(41)39-33/h1-6,8-11,13-20,29-30,32,34,37-40H,7,12,21-22H2. The van der Waals surface area contributed by atoms with Crippen molar-refractivity contribution in [2.75, 3.05) is 6.54 Å². The highest BCUT2D eigenvalue weighted by molar-refractivity contribution is 8.78. The smallest absolute Gasteiger partial charge is 0.160 e. The summed E-state index contributed by atoms with van der Waals surface area (Å²) in [5.41, 5.74) is 11.5. The molecule has 5 atom stereocenters. The topological polar surface area (TPSA) is 39.3 Å². The van der Waals surface area contributed by atoms with E-state index in [-0.39, 0.29) is 6.29 Å². The zero-order chi connectivity index (χ0) is 28.3. The summed E-state index contributed by atoms with van der Waals surface area (Å²) in [6.45, 7) is 1.13. The SMILES string of the molecule is c1ccc(-c2ccc(C3=C(c4ccc(-c5ccccc5)cc4)N4C5=C6C(CC7CCCNC7C6NC4N3)SS5)cc2)cc1. The average Bonchev–Trinajstić information content (AvgIpc) is 3.68. The molecule has 1 saturated heterocycles. The third-order valence-corrected chi connectivity index (χ3v) is 12.6. The van der Waals surface area contributed by atoms with Crippen LogP contribution in [-0.4, -0.2) is 35.1 Å². The summed E-state index contributed by atoms with van der Waals surface area (Å²) in [6.07, 6.45) is 3.95. The van der Waals surface area contributed by atoms with Gasteiger partial charge < -0.3 is 10.6 Å². The Morgan fingerprint density at radius 2 is 1.28 bits per heavy atom. The molecule has 43 heavy (non-hydrogen) atoms. The van der Waals surface area contributed by atoms with Crippen LogP contribution in [0.25, 0.3) is 33.6 Å². The van der Waals surface area contributed by atoms with Crippen LogP contribution in [0.15, 0.2) is 120 Å². The van der Waals surface area contributed by atoms with Crippen LogP contribution >= 0.6 is 21.6 Å². The second kappa shape index (κ2) is 10.6. The number of hydrogen-bond donors (Lipinski definition) is 3. The van der Waals surface area contributed by atoms with Crippen LogP contribution in [0, 0.1) is 5.92 Å². The predicted molar refractivity (Wildman–Crippen MR) is 181 cm³/mol. The lowest BCUT2D eigenvalue weighted by Crippen LogP contribution is -2.66. The molecule has 1 saturated carbocycles. The fraction of sp³-hybridized carbons (Fsp3) is 0.243. The number of rotatable bonds is 4. The molecule has 0 aromatic heterocycles. The van der Waals surface area contributed by atoms with E-state index in [1.54, 1.807) is 5.57 Å². The van der Waals surface area contributed by atoms with Crippen molar-refractivity contribution in [3.05, 3.63) is 131 Å². The van der Waals surface area contributed by atoms with Crippen molar-refractivity contribution in [1.29, 1.82) is 0 Å². The normalized spacial score (nSPS) is 27.4. The Morgan fingerprint density at radius 1 is 0.674 bits per heavy atom. The highest BCUT2D eigenvalue weighted by Gasteiger charge is 2.53. The Labute approximate surface area is 261 Å². The van der Waals surface area contributed by atoms with Gasteiger partial charge in [0, 0.05) is 16.9 Å². The number of piperidine rings is 1. The first-order valence-electron chi connectivity index (χ1n) is 15.5. The van der Waals surface area contributed by atoms with Gasteiger partial charge in [0.05, 0.1) is 22.5 Å². The number of benzene rings is 4. The van der Waals surface area contributed by atoms with E-state index in [0.29, 0.717) is 17.3 Å². The van der Waals surface area contributed by atoms with Gasteiger partial charge in [0.2, 0.25) is 0 Å². The molecule has 1 aliphatic carbocycles. The minimum Gasteiger partial charge on any atom is -0.350 e. The number of fused-ring (bicyclic) bond motifs is 4. The zero-order valence-corrected chi connectivity index (χ0v) is 25.5. The number of nitrogens with one attached hydrogen (secondary N) is 3. The van der Waals surface area contributed by atoms with E-state index < -0.39 is 0 Å². The summed E-state index contributed by atoms with van der Waals surface area (Å²) >= 11 is 0. The van der Waals surface area contributed by atoms with E-state index in [1.165, 1.54) is 69.1 Å². The van der Waals surface area contributed by atoms with E-state index in [2.05, 4.69) is 141 Å². The first kappa shape index (κ1) is 26.0. The molecule has 4 nitrogen and oxygen atoms in total. The van der Waals surface area contributed by atoms with Gasteiger partial charge in [0.25, 0.3) is 0 Å². The summed E-state index contributed by atoms with van der Waals surface area (Å²) in [4.78, 5) is 2.57. The molecule has 4 heterocycles. The Hall–Kier alpha value is -3.42. The molecule has 0 radical (unpaired) electrons. The van der Waals surface area contributed by atoms with Crippen LogP contribution in [0.1, 0.15) is 30.4 Å². The quantitative estimate of drug-likeness (QED) is 0.209. The second-order valence-electron chi connectivity index (χ2n) is 12.2. The third kappa shape index (κ3) is 4.38. The van der Waals surface area contributed by atoms with Crippen molar-refractivity contribution < 1.29 is 0 Å². The van der Waals surface area contributed by atoms with Gasteiger partial charge in [-0.25, -0.2) is 0 Å². The minimum atomic E-state index is 0.0191. The van der Waals surface area contributed by atoms with Crippen LogP contribution in [0.4, 0.5) is 0 Å². The Morgan fingerprint density at radius 3 is 1.95 bits per heavy atom. The fourth-order valence-corrected chi connectivity index (χ4v) is 11.1. The lowest BCUT2D eigenvalue weighted by atomic mass is 9.73. The predicted octanol–water partition coefficient (Wildman–Crippen LogP) is 7.75. The third-order valence-electron chi connectivity index (χ3n) is 9.81. The van der Waals surface area contributed by atoms with Crippen molar-refractivity contribution >= 4 is 33.0 Å². The molecule has 4 aromatic rings. The molecule has 2 fully saturated rings. The van der Waals surface area contributed by atoms with Gasteiger partial charge in [-0.15, -0.1) is 0 Å². The van der Waals surface area contributed by atoms with Gasteiger partial charge in [-0.05, 0) is 75.9 Å². The van der Waals surface area contributed by atoms with Gasteiger partial charge in [0.1, 0.15) is 0 Å². The molecule has 5 unspecified atom stereocenters. The zero-order valence-electron chi connectivity index (χ0n) is 23.9. The highest BCUT2D eigenvalue weighted by Crippen LogP contribution is 2.59. The first-order chi connectivity index (χ1) is 21.3. The summed E-state index contributed by atoms with van der Waals surface area (Å²) in [6, 6.07) is 40.4. The van der Waals surface area contributed by atoms with Gasteiger partial charge in [-0.3, -0.25) is 10.2 Å². The number of nitrogens with zero attached hydrogens (tertiary/aromatic N) is 1. The molecule has 6 heteroatoms. The monoisotopic (exact) mass is 598 g/mol. The summed E-state index contributed by atoms with van der Waals surface area (Å²) in [5.74, 6) is 0.753. The van der Waals surface area contributed by atoms with E-state index >= 15 is 0 Å². The second-order valence-corrected chi connectivity index (χ2v) is 14.6. The summed E-state index contributed by atoms with van der Waals surface area (Å²) in [5, 5.41) is 14.1.